The molecule has 0 spiro atoms. The Kier molecular flexibility index (Phi) is 5.49. The van der Waals surface area contributed by atoms with Crippen LogP contribution in [0.5, 0.6) is 5.75 Å². The Balaban J connectivity index is 1.58. The number of nitrogens with zero attached hydrogens (tertiary/aromatic N) is 3. The first kappa shape index (κ1) is 22.4. The highest BCUT2D eigenvalue weighted by Gasteiger charge is 2.26. The molecule has 0 saturated heterocycles. The number of aromatic nitrogens is 2. The van der Waals surface area contributed by atoms with E-state index in [-0.39, 0.29) is 0 Å². The quantitative estimate of drug-likeness (QED) is 0.258. The van der Waals surface area contributed by atoms with E-state index in [1.54, 1.807) is 31.4 Å². The Morgan fingerprint density at radius 1 is 1.00 bits per heavy atom. The molecule has 3 aromatic carbocycles. The molecule has 0 amide bonds. The summed E-state index contributed by atoms with van der Waals surface area (Å²) >= 11 is 6.21. The number of hydrogen-bond acceptors (Lipinski definition) is 7. The predicted molar refractivity (Wildman–Crippen MR) is 139 cm³/mol. The van der Waals surface area contributed by atoms with Gasteiger partial charge >= 0.3 is 5.97 Å². The van der Waals surface area contributed by atoms with Gasteiger partial charge in [-0.3, -0.25) is 0 Å². The molecular weight excluding hydrogens is 478 g/mol. The van der Waals surface area contributed by atoms with E-state index >= 15 is 0 Å². The number of carbonyl (C=O) groups is 1. The number of ether oxygens (including phenoxy) is 2. The maximum absolute atomic E-state index is 12.2. The van der Waals surface area contributed by atoms with Crippen LogP contribution in [0.3, 0.4) is 0 Å². The lowest BCUT2D eigenvalue weighted by molar-refractivity contribution is 0.0601. The number of aryl methyl sites for hydroxylation is 1. The fraction of sp³-hybridized carbons (Fsp3) is 0.179. The number of fused-ring (bicyclic) bond motifs is 3. The van der Waals surface area contributed by atoms with Crippen LogP contribution in [0.4, 0.5) is 11.5 Å². The molecule has 1 aliphatic heterocycles. The number of rotatable bonds is 4. The third-order valence-electron chi connectivity index (χ3n) is 6.44. The van der Waals surface area contributed by atoms with Crippen molar-refractivity contribution in [2.75, 3.05) is 25.7 Å². The predicted octanol–water partition coefficient (Wildman–Crippen LogP) is 6.58. The number of halogens is 1. The topological polar surface area (TPSA) is 77.7 Å². The molecule has 180 valence electrons. The SMILES string of the molecule is COC(=O)c1ccc2nc(-c3cc4cc(Cl)ccc4o3)c(N3CCCc4cc(OC)ccc43)nc2c1. The number of furan rings is 1. The molecule has 3 heterocycles. The summed E-state index contributed by atoms with van der Waals surface area (Å²) in [5.41, 5.74) is 5.20. The van der Waals surface area contributed by atoms with Crippen LogP contribution in [-0.2, 0) is 11.2 Å². The van der Waals surface area contributed by atoms with Gasteiger partial charge in [-0.25, -0.2) is 14.8 Å². The molecule has 0 aliphatic carbocycles. The lowest BCUT2D eigenvalue weighted by Crippen LogP contribution is -2.26. The van der Waals surface area contributed by atoms with Gasteiger partial charge in [0.2, 0.25) is 0 Å². The van der Waals surface area contributed by atoms with Crippen LogP contribution < -0.4 is 9.64 Å². The molecule has 5 aromatic rings. The standard InChI is InChI=1S/C28H22ClN3O4/c1-34-20-7-9-23-16(13-20)4-3-11-32(23)27-26(25-15-18-12-19(29)6-10-24(18)36-25)30-21-8-5-17(28(33)35-2)14-22(21)31-27/h5-10,12-15H,3-4,11H2,1-2H3. The van der Waals surface area contributed by atoms with Crippen molar-refractivity contribution in [3.63, 3.8) is 0 Å². The van der Waals surface area contributed by atoms with Crippen molar-refractivity contribution in [3.8, 4) is 17.2 Å². The first-order chi connectivity index (χ1) is 17.5. The van der Waals surface area contributed by atoms with Gasteiger partial charge in [0.15, 0.2) is 11.6 Å². The number of anilines is 2. The minimum absolute atomic E-state index is 0.417. The molecule has 0 unspecified atom stereocenters. The number of benzene rings is 3. The maximum atomic E-state index is 12.2. The van der Waals surface area contributed by atoms with Crippen molar-refractivity contribution in [2.45, 2.75) is 12.8 Å². The molecule has 0 N–H and O–H groups in total. The summed E-state index contributed by atoms with van der Waals surface area (Å²) in [4.78, 5) is 24.3. The molecule has 2 aromatic heterocycles. The molecular formula is C28H22ClN3O4. The molecule has 1 aliphatic rings. The molecule has 6 rings (SSSR count). The van der Waals surface area contributed by atoms with Crippen molar-refractivity contribution >= 4 is 51.1 Å². The lowest BCUT2D eigenvalue weighted by atomic mass is 10.0. The Hall–Kier alpha value is -4.10. The Morgan fingerprint density at radius 2 is 1.89 bits per heavy atom. The Labute approximate surface area is 212 Å². The summed E-state index contributed by atoms with van der Waals surface area (Å²) in [5, 5.41) is 1.52. The van der Waals surface area contributed by atoms with Crippen molar-refractivity contribution in [2.24, 2.45) is 0 Å². The van der Waals surface area contributed by atoms with E-state index in [4.69, 9.17) is 35.5 Å². The summed E-state index contributed by atoms with van der Waals surface area (Å²) < 4.78 is 16.6. The van der Waals surface area contributed by atoms with Gasteiger partial charge in [0.25, 0.3) is 0 Å². The van der Waals surface area contributed by atoms with Crippen LogP contribution in [0, 0.1) is 0 Å². The van der Waals surface area contributed by atoms with Crippen molar-refractivity contribution < 1.29 is 18.7 Å². The van der Waals surface area contributed by atoms with E-state index in [2.05, 4.69) is 11.0 Å². The molecule has 7 nitrogen and oxygen atoms in total. The van der Waals surface area contributed by atoms with Gasteiger partial charge in [0, 0.05) is 22.6 Å². The number of hydrogen-bond donors (Lipinski definition) is 0. The van der Waals surface area contributed by atoms with E-state index in [1.807, 2.05) is 30.3 Å². The van der Waals surface area contributed by atoms with Crippen LogP contribution in [0.1, 0.15) is 22.3 Å². The largest absolute Gasteiger partial charge is 0.497 e. The third kappa shape index (κ3) is 3.82. The Bertz CT molecular complexity index is 1650. The highest BCUT2D eigenvalue weighted by molar-refractivity contribution is 6.31. The minimum Gasteiger partial charge on any atom is -0.497 e. The van der Waals surface area contributed by atoms with Gasteiger partial charge in [-0.15, -0.1) is 0 Å². The third-order valence-corrected chi connectivity index (χ3v) is 6.67. The molecule has 36 heavy (non-hydrogen) atoms. The van der Waals surface area contributed by atoms with Gasteiger partial charge in [-0.1, -0.05) is 11.6 Å². The second kappa shape index (κ2) is 8.84. The zero-order valence-electron chi connectivity index (χ0n) is 19.7. The van der Waals surface area contributed by atoms with Gasteiger partial charge < -0.3 is 18.8 Å². The minimum atomic E-state index is -0.422. The molecule has 0 atom stereocenters. The average Bonchev–Trinajstić information content (AvgIpc) is 3.34. The smallest absolute Gasteiger partial charge is 0.337 e. The van der Waals surface area contributed by atoms with Gasteiger partial charge in [0.1, 0.15) is 17.0 Å². The average molecular weight is 500 g/mol. The first-order valence-electron chi connectivity index (χ1n) is 11.6. The summed E-state index contributed by atoms with van der Waals surface area (Å²) in [6.45, 7) is 0.759. The maximum Gasteiger partial charge on any atom is 0.337 e. The van der Waals surface area contributed by atoms with Gasteiger partial charge in [0.05, 0.1) is 30.8 Å². The molecule has 0 saturated carbocycles. The highest BCUT2D eigenvalue weighted by Crippen LogP contribution is 2.41. The van der Waals surface area contributed by atoms with Crippen LogP contribution >= 0.6 is 11.6 Å². The molecule has 0 radical (unpaired) electrons. The van der Waals surface area contributed by atoms with Crippen LogP contribution in [0.25, 0.3) is 33.5 Å². The van der Waals surface area contributed by atoms with E-state index < -0.39 is 5.97 Å². The number of methoxy groups -OCH3 is 2. The number of esters is 1. The van der Waals surface area contributed by atoms with Gasteiger partial charge in [-0.05, 0) is 79.1 Å². The fourth-order valence-corrected chi connectivity index (χ4v) is 4.88. The monoisotopic (exact) mass is 499 g/mol. The zero-order chi connectivity index (χ0) is 24.8. The molecule has 8 heteroatoms. The van der Waals surface area contributed by atoms with Crippen LogP contribution in [-0.4, -0.2) is 36.7 Å². The summed E-state index contributed by atoms with van der Waals surface area (Å²) in [7, 11) is 3.03. The van der Waals surface area contributed by atoms with E-state index in [1.165, 1.54) is 12.7 Å². The van der Waals surface area contributed by atoms with E-state index in [0.717, 1.165) is 36.2 Å². The van der Waals surface area contributed by atoms with Crippen LogP contribution in [0.2, 0.25) is 5.02 Å². The molecule has 0 fully saturated rings. The first-order valence-corrected chi connectivity index (χ1v) is 12.0. The summed E-state index contributed by atoms with van der Waals surface area (Å²) in [6, 6.07) is 18.7. The van der Waals surface area contributed by atoms with Crippen LogP contribution in [0.15, 0.2) is 65.1 Å². The van der Waals surface area contributed by atoms with E-state index in [0.29, 0.717) is 44.5 Å². The second-order valence-corrected chi connectivity index (χ2v) is 9.07. The fourth-order valence-electron chi connectivity index (χ4n) is 4.69. The second-order valence-electron chi connectivity index (χ2n) is 8.63. The summed E-state index contributed by atoms with van der Waals surface area (Å²) in [6.07, 6.45) is 1.88. The molecule has 0 bridgehead atoms. The lowest BCUT2D eigenvalue weighted by Gasteiger charge is -2.31. The van der Waals surface area contributed by atoms with Crippen molar-refractivity contribution in [3.05, 3.63) is 76.8 Å². The summed E-state index contributed by atoms with van der Waals surface area (Å²) in [5.74, 6) is 1.64. The normalized spacial score (nSPS) is 13.1. The van der Waals surface area contributed by atoms with Crippen molar-refractivity contribution in [1.82, 2.24) is 9.97 Å². The highest BCUT2D eigenvalue weighted by atomic mass is 35.5. The van der Waals surface area contributed by atoms with E-state index in [9.17, 15) is 4.79 Å². The number of carbonyl (C=O) groups excluding carboxylic acids is 1. The van der Waals surface area contributed by atoms with Gasteiger partial charge in [-0.2, -0.15) is 0 Å². The zero-order valence-corrected chi connectivity index (χ0v) is 20.5. The Morgan fingerprint density at radius 3 is 2.72 bits per heavy atom. The van der Waals surface area contributed by atoms with Crippen molar-refractivity contribution in [1.29, 1.82) is 0 Å².